The van der Waals surface area contributed by atoms with Crippen LogP contribution in [-0.4, -0.2) is 14.0 Å². The molecule has 0 unspecified atom stereocenters. The first-order chi connectivity index (χ1) is 9.34. The molecule has 0 aliphatic heterocycles. The maximum Gasteiger partial charge on any atom is 0.241 e. The van der Waals surface area contributed by atoms with E-state index in [0.29, 0.717) is 19.3 Å². The zero-order chi connectivity index (χ0) is 15.4. The van der Waals surface area contributed by atoms with Crippen LogP contribution in [0.1, 0.15) is 45.6 Å². The van der Waals surface area contributed by atoms with Crippen LogP contribution in [0.5, 0.6) is 0 Å². The van der Waals surface area contributed by atoms with Crippen LogP contribution < -0.4 is 4.72 Å². The lowest BCUT2D eigenvalue weighted by molar-refractivity contribution is 0.341. The Morgan fingerprint density at radius 1 is 1.25 bits per heavy atom. The second-order valence-electron chi connectivity index (χ2n) is 4.70. The van der Waals surface area contributed by atoms with E-state index < -0.39 is 15.6 Å². The molecule has 0 atom stereocenters. The molecule has 0 saturated heterocycles. The van der Waals surface area contributed by atoms with Gasteiger partial charge in [0.25, 0.3) is 0 Å². The third-order valence-electron chi connectivity index (χ3n) is 3.75. The van der Waals surface area contributed by atoms with Crippen molar-refractivity contribution in [2.24, 2.45) is 0 Å². The Balaban J connectivity index is 3.18. The summed E-state index contributed by atoms with van der Waals surface area (Å²) in [4.78, 5) is 0.0845. The van der Waals surface area contributed by atoms with Gasteiger partial charge in [-0.3, -0.25) is 0 Å². The topological polar surface area (TPSA) is 70.0 Å². The van der Waals surface area contributed by atoms with Gasteiger partial charge in [0.15, 0.2) is 0 Å². The van der Waals surface area contributed by atoms with Gasteiger partial charge in [-0.1, -0.05) is 32.4 Å². The predicted octanol–water partition coefficient (Wildman–Crippen LogP) is 3.46. The number of nitrogens with zero attached hydrogens (tertiary/aromatic N) is 1. The first-order valence-corrected chi connectivity index (χ1v) is 8.44. The Bertz CT molecular complexity index is 608. The van der Waals surface area contributed by atoms with E-state index in [4.69, 9.17) is 16.9 Å². The lowest BCUT2D eigenvalue weighted by Crippen LogP contribution is -2.46. The molecule has 0 heterocycles. The monoisotopic (exact) mass is 314 g/mol. The van der Waals surface area contributed by atoms with Crippen LogP contribution in [0.3, 0.4) is 0 Å². The molecule has 0 spiro atoms. The molecule has 0 bridgehead atoms. The molecule has 20 heavy (non-hydrogen) atoms. The Morgan fingerprint density at radius 2 is 1.80 bits per heavy atom. The van der Waals surface area contributed by atoms with Gasteiger partial charge in [0, 0.05) is 5.54 Å². The van der Waals surface area contributed by atoms with Crippen LogP contribution in [0.2, 0.25) is 5.02 Å². The van der Waals surface area contributed by atoms with Crippen molar-refractivity contribution in [3.8, 4) is 6.07 Å². The fourth-order valence-electron chi connectivity index (χ4n) is 2.06. The number of halogens is 1. The fourth-order valence-corrected chi connectivity index (χ4v) is 3.99. The number of benzene rings is 1. The van der Waals surface area contributed by atoms with E-state index in [1.165, 1.54) is 18.2 Å². The van der Waals surface area contributed by atoms with Gasteiger partial charge in [-0.25, -0.2) is 13.1 Å². The van der Waals surface area contributed by atoms with Gasteiger partial charge in [-0.2, -0.15) is 5.26 Å². The summed E-state index contributed by atoms with van der Waals surface area (Å²) >= 11 is 5.89. The Labute approximate surface area is 125 Å². The predicted molar refractivity (Wildman–Crippen MR) is 80.1 cm³/mol. The molecule has 0 aliphatic rings. The van der Waals surface area contributed by atoms with Gasteiger partial charge in [0.2, 0.25) is 10.0 Å². The highest BCUT2D eigenvalue weighted by atomic mass is 35.5. The fraction of sp³-hybridized carbons (Fsp3) is 0.500. The maximum absolute atomic E-state index is 12.4. The minimum absolute atomic E-state index is 0.0845. The van der Waals surface area contributed by atoms with Gasteiger partial charge in [-0.05, 0) is 37.5 Å². The molecule has 1 aromatic rings. The summed E-state index contributed by atoms with van der Waals surface area (Å²) in [5.74, 6) is 0. The second-order valence-corrected chi connectivity index (χ2v) is 6.79. The van der Waals surface area contributed by atoms with E-state index in [0.717, 1.165) is 0 Å². The van der Waals surface area contributed by atoms with Crippen LogP contribution in [0.4, 0.5) is 0 Å². The minimum atomic E-state index is -3.65. The van der Waals surface area contributed by atoms with Crippen molar-refractivity contribution < 1.29 is 8.42 Å². The van der Waals surface area contributed by atoms with E-state index in [1.807, 2.05) is 26.8 Å². The third kappa shape index (κ3) is 3.51. The Morgan fingerprint density at radius 3 is 2.20 bits per heavy atom. The Kier molecular flexibility index (Phi) is 5.58. The lowest BCUT2D eigenvalue weighted by Gasteiger charge is -2.31. The molecule has 0 aromatic heterocycles. The largest absolute Gasteiger partial charge is 0.241 e. The summed E-state index contributed by atoms with van der Waals surface area (Å²) < 4.78 is 27.6. The number of hydrogen-bond acceptors (Lipinski definition) is 3. The number of nitriles is 1. The highest BCUT2D eigenvalue weighted by molar-refractivity contribution is 7.89. The van der Waals surface area contributed by atoms with Crippen LogP contribution in [-0.2, 0) is 10.0 Å². The molecule has 4 nitrogen and oxygen atoms in total. The van der Waals surface area contributed by atoms with E-state index in [2.05, 4.69) is 4.72 Å². The molecule has 1 rings (SSSR count). The molecular weight excluding hydrogens is 296 g/mol. The first-order valence-electron chi connectivity index (χ1n) is 6.57. The molecule has 110 valence electrons. The molecule has 0 radical (unpaired) electrons. The van der Waals surface area contributed by atoms with E-state index in [-0.39, 0.29) is 15.5 Å². The normalized spacial score (nSPS) is 12.2. The van der Waals surface area contributed by atoms with Crippen molar-refractivity contribution in [3.05, 3.63) is 28.8 Å². The van der Waals surface area contributed by atoms with Crippen molar-refractivity contribution in [2.45, 2.75) is 50.5 Å². The summed E-state index contributed by atoms with van der Waals surface area (Å²) in [7, 11) is -3.65. The molecule has 1 N–H and O–H groups in total. The van der Waals surface area contributed by atoms with E-state index in [1.54, 1.807) is 0 Å². The van der Waals surface area contributed by atoms with E-state index >= 15 is 0 Å². The molecule has 6 heteroatoms. The van der Waals surface area contributed by atoms with Crippen molar-refractivity contribution in [3.63, 3.8) is 0 Å². The number of hydrogen-bond donors (Lipinski definition) is 1. The number of rotatable bonds is 6. The minimum Gasteiger partial charge on any atom is -0.207 e. The smallest absolute Gasteiger partial charge is 0.207 e. The molecular formula is C14H19ClN2O2S. The second kappa shape index (κ2) is 6.57. The standard InChI is InChI=1S/C14H19ClN2O2S/c1-4-14(5-2,6-3)17-20(18,19)12-8-7-11(10-16)13(15)9-12/h7-9,17H,4-6H2,1-3H3. The zero-order valence-corrected chi connectivity index (χ0v) is 13.5. The van der Waals surface area contributed by atoms with Crippen molar-refractivity contribution >= 4 is 21.6 Å². The number of sulfonamides is 1. The maximum atomic E-state index is 12.4. The zero-order valence-electron chi connectivity index (χ0n) is 11.9. The van der Waals surface area contributed by atoms with Gasteiger partial charge < -0.3 is 0 Å². The number of nitrogens with one attached hydrogen (secondary N) is 1. The highest BCUT2D eigenvalue weighted by Gasteiger charge is 2.30. The van der Waals surface area contributed by atoms with Crippen LogP contribution >= 0.6 is 11.6 Å². The van der Waals surface area contributed by atoms with Crippen molar-refractivity contribution in [2.75, 3.05) is 0 Å². The molecule has 0 aliphatic carbocycles. The summed E-state index contributed by atoms with van der Waals surface area (Å²) in [6, 6.07) is 6.04. The summed E-state index contributed by atoms with van der Waals surface area (Å²) in [6.07, 6.45) is 2.13. The third-order valence-corrected chi connectivity index (χ3v) is 5.64. The first kappa shape index (κ1) is 17.0. The van der Waals surface area contributed by atoms with Crippen LogP contribution in [0.15, 0.2) is 23.1 Å². The van der Waals surface area contributed by atoms with Crippen molar-refractivity contribution in [1.29, 1.82) is 5.26 Å². The molecule has 0 saturated carbocycles. The van der Waals surface area contributed by atoms with Gasteiger partial charge in [0.05, 0.1) is 15.5 Å². The summed E-state index contributed by atoms with van der Waals surface area (Å²) in [5, 5.41) is 8.96. The highest BCUT2D eigenvalue weighted by Crippen LogP contribution is 2.25. The average molecular weight is 315 g/mol. The van der Waals surface area contributed by atoms with Gasteiger partial charge in [0.1, 0.15) is 6.07 Å². The summed E-state index contributed by atoms with van der Waals surface area (Å²) in [6.45, 7) is 5.88. The average Bonchev–Trinajstić information content (AvgIpc) is 2.44. The quantitative estimate of drug-likeness (QED) is 0.874. The van der Waals surface area contributed by atoms with Gasteiger partial charge >= 0.3 is 0 Å². The lowest BCUT2D eigenvalue weighted by atomic mass is 9.91. The molecule has 0 fully saturated rings. The van der Waals surface area contributed by atoms with Crippen LogP contribution in [0.25, 0.3) is 0 Å². The Hall–Kier alpha value is -1.09. The van der Waals surface area contributed by atoms with Crippen LogP contribution in [0, 0.1) is 11.3 Å². The molecule has 1 aromatic carbocycles. The van der Waals surface area contributed by atoms with Crippen molar-refractivity contribution in [1.82, 2.24) is 4.72 Å². The van der Waals surface area contributed by atoms with Gasteiger partial charge in [-0.15, -0.1) is 0 Å². The summed E-state index contributed by atoms with van der Waals surface area (Å²) in [5.41, 5.74) is -0.183. The SMILES string of the molecule is CCC(CC)(CC)NS(=O)(=O)c1ccc(C#N)c(Cl)c1. The van der Waals surface area contributed by atoms with E-state index in [9.17, 15) is 8.42 Å². The molecule has 0 amide bonds.